The van der Waals surface area contributed by atoms with Gasteiger partial charge in [0, 0.05) is 12.5 Å². The minimum Gasteiger partial charge on any atom is -0.368 e. The third-order valence-corrected chi connectivity index (χ3v) is 3.94. The summed E-state index contributed by atoms with van der Waals surface area (Å²) in [7, 11) is 0. The highest BCUT2D eigenvalue weighted by atomic mass is 35.5. The van der Waals surface area contributed by atoms with Gasteiger partial charge in [-0.15, -0.1) is 11.6 Å². The Hall–Kier alpha value is -0.280. The van der Waals surface area contributed by atoms with Gasteiger partial charge in [0.1, 0.15) is 6.10 Å². The highest BCUT2D eigenvalue weighted by Crippen LogP contribution is 2.33. The molecule has 0 aromatic rings. The number of halogens is 1. The number of rotatable bonds is 3. The second-order valence-electron chi connectivity index (χ2n) is 4.61. The lowest BCUT2D eigenvalue weighted by molar-refractivity contribution is -0.138. The van der Waals surface area contributed by atoms with Crippen molar-refractivity contribution >= 4 is 17.5 Å². The summed E-state index contributed by atoms with van der Waals surface area (Å²) in [5.41, 5.74) is -0.126. The summed E-state index contributed by atoms with van der Waals surface area (Å²) >= 11 is 5.89. The number of ether oxygens (including phenoxy) is 1. The van der Waals surface area contributed by atoms with Crippen molar-refractivity contribution in [3.8, 4) is 0 Å². The fourth-order valence-electron chi connectivity index (χ4n) is 2.18. The molecule has 0 bridgehead atoms. The van der Waals surface area contributed by atoms with E-state index in [9.17, 15) is 4.79 Å². The van der Waals surface area contributed by atoms with Crippen LogP contribution < -0.4 is 5.32 Å². The quantitative estimate of drug-likeness (QED) is 0.753. The van der Waals surface area contributed by atoms with E-state index in [1.54, 1.807) is 0 Å². The number of nitrogens with one attached hydrogen (secondary N) is 1. The van der Waals surface area contributed by atoms with Crippen LogP contribution in [0.15, 0.2) is 0 Å². The first-order valence-electron chi connectivity index (χ1n) is 5.75. The minimum atomic E-state index is -0.237. The molecule has 1 unspecified atom stereocenters. The summed E-state index contributed by atoms with van der Waals surface area (Å²) in [5, 5.41) is 3.05. The standard InChI is InChI=1S/C11H18ClNO2/c12-8-11(5-3-6-11)13-10(14)9-4-1-2-7-15-9/h9H,1-8H2,(H,13,14). The monoisotopic (exact) mass is 231 g/mol. The lowest BCUT2D eigenvalue weighted by Gasteiger charge is -2.42. The van der Waals surface area contributed by atoms with E-state index in [1.807, 2.05) is 0 Å². The lowest BCUT2D eigenvalue weighted by Crippen LogP contribution is -2.57. The summed E-state index contributed by atoms with van der Waals surface area (Å²) < 4.78 is 5.44. The van der Waals surface area contributed by atoms with Gasteiger partial charge in [-0.25, -0.2) is 0 Å². The second-order valence-corrected chi connectivity index (χ2v) is 4.88. The SMILES string of the molecule is O=C(NC1(CCl)CCC1)C1CCCCO1. The maximum Gasteiger partial charge on any atom is 0.249 e. The molecule has 1 saturated heterocycles. The first kappa shape index (κ1) is 11.2. The second kappa shape index (κ2) is 4.71. The fourth-order valence-corrected chi connectivity index (χ4v) is 2.52. The Morgan fingerprint density at radius 3 is 2.67 bits per heavy atom. The highest BCUT2D eigenvalue weighted by Gasteiger charge is 2.39. The van der Waals surface area contributed by atoms with Crippen molar-refractivity contribution < 1.29 is 9.53 Å². The first-order valence-corrected chi connectivity index (χ1v) is 6.29. The van der Waals surface area contributed by atoms with Gasteiger partial charge in [0.2, 0.25) is 5.91 Å². The molecule has 2 aliphatic rings. The minimum absolute atomic E-state index is 0.0371. The number of hydrogen-bond donors (Lipinski definition) is 1. The zero-order valence-corrected chi connectivity index (χ0v) is 9.68. The molecule has 1 atom stereocenters. The van der Waals surface area contributed by atoms with E-state index in [-0.39, 0.29) is 17.6 Å². The number of alkyl halides is 1. The molecule has 4 heteroatoms. The summed E-state index contributed by atoms with van der Waals surface area (Å²) in [6.45, 7) is 0.714. The van der Waals surface area contributed by atoms with Crippen molar-refractivity contribution in [1.29, 1.82) is 0 Å². The molecule has 2 fully saturated rings. The van der Waals surface area contributed by atoms with Crippen molar-refractivity contribution in [3.63, 3.8) is 0 Å². The van der Waals surface area contributed by atoms with Gasteiger partial charge in [0.15, 0.2) is 0 Å². The third kappa shape index (κ3) is 2.45. The van der Waals surface area contributed by atoms with E-state index in [2.05, 4.69) is 5.32 Å². The van der Waals surface area contributed by atoms with Crippen molar-refractivity contribution in [3.05, 3.63) is 0 Å². The van der Waals surface area contributed by atoms with Gasteiger partial charge in [0.25, 0.3) is 0 Å². The zero-order valence-electron chi connectivity index (χ0n) is 8.93. The molecule has 0 aromatic carbocycles. The van der Waals surface area contributed by atoms with Gasteiger partial charge in [-0.1, -0.05) is 0 Å². The molecular weight excluding hydrogens is 214 g/mol. The molecule has 0 aromatic heterocycles. The van der Waals surface area contributed by atoms with Gasteiger partial charge in [-0.3, -0.25) is 4.79 Å². The van der Waals surface area contributed by atoms with Crippen LogP contribution in [-0.4, -0.2) is 30.0 Å². The number of hydrogen-bond acceptors (Lipinski definition) is 2. The maximum absolute atomic E-state index is 11.9. The van der Waals surface area contributed by atoms with E-state index in [0.29, 0.717) is 12.5 Å². The van der Waals surface area contributed by atoms with Gasteiger partial charge < -0.3 is 10.1 Å². The largest absolute Gasteiger partial charge is 0.368 e. The van der Waals surface area contributed by atoms with Crippen LogP contribution in [0.1, 0.15) is 38.5 Å². The topological polar surface area (TPSA) is 38.3 Å². The Balaban J connectivity index is 1.85. The molecule has 0 spiro atoms. The summed E-state index contributed by atoms with van der Waals surface area (Å²) in [6, 6.07) is 0. The molecule has 1 heterocycles. The Bertz CT molecular complexity index is 229. The van der Waals surface area contributed by atoms with Crippen LogP contribution in [0.5, 0.6) is 0 Å². The molecule has 3 nitrogen and oxygen atoms in total. The molecular formula is C11H18ClNO2. The molecule has 0 radical (unpaired) electrons. The Labute approximate surface area is 95.5 Å². The molecule has 15 heavy (non-hydrogen) atoms. The van der Waals surface area contributed by atoms with E-state index in [4.69, 9.17) is 16.3 Å². The first-order chi connectivity index (χ1) is 7.26. The molecule has 1 saturated carbocycles. The van der Waals surface area contributed by atoms with E-state index in [1.165, 1.54) is 6.42 Å². The predicted molar refractivity (Wildman–Crippen MR) is 59.0 cm³/mol. The van der Waals surface area contributed by atoms with Crippen molar-refractivity contribution in [1.82, 2.24) is 5.32 Å². The molecule has 1 N–H and O–H groups in total. The van der Waals surface area contributed by atoms with Crippen molar-refractivity contribution in [2.75, 3.05) is 12.5 Å². The van der Waals surface area contributed by atoms with Crippen molar-refractivity contribution in [2.24, 2.45) is 0 Å². The predicted octanol–water partition coefficient (Wildman–Crippen LogP) is 1.83. The molecule has 1 aliphatic heterocycles. The third-order valence-electron chi connectivity index (χ3n) is 3.43. The lowest BCUT2D eigenvalue weighted by atomic mass is 9.78. The average Bonchev–Trinajstić information content (AvgIpc) is 2.24. The Kier molecular flexibility index (Phi) is 3.52. The van der Waals surface area contributed by atoms with Gasteiger partial charge in [0.05, 0.1) is 5.54 Å². The summed E-state index contributed by atoms with van der Waals surface area (Å²) in [5.74, 6) is 0.556. The van der Waals surface area contributed by atoms with Crippen molar-refractivity contribution in [2.45, 2.75) is 50.2 Å². The highest BCUT2D eigenvalue weighted by molar-refractivity contribution is 6.18. The van der Waals surface area contributed by atoms with Crippen LogP contribution >= 0.6 is 11.6 Å². The molecule has 86 valence electrons. The molecule has 1 amide bonds. The number of carbonyl (C=O) groups is 1. The van der Waals surface area contributed by atoms with Crippen LogP contribution in [0.3, 0.4) is 0 Å². The van der Waals surface area contributed by atoms with Crippen LogP contribution in [0.25, 0.3) is 0 Å². The van der Waals surface area contributed by atoms with Crippen LogP contribution in [-0.2, 0) is 9.53 Å². The summed E-state index contributed by atoms with van der Waals surface area (Å²) in [4.78, 5) is 11.9. The van der Waals surface area contributed by atoms with Gasteiger partial charge in [-0.05, 0) is 38.5 Å². The smallest absolute Gasteiger partial charge is 0.249 e. The number of carbonyl (C=O) groups excluding carboxylic acids is 1. The Morgan fingerprint density at radius 1 is 1.40 bits per heavy atom. The van der Waals surface area contributed by atoms with Crippen LogP contribution in [0, 0.1) is 0 Å². The van der Waals surface area contributed by atoms with E-state index in [0.717, 1.165) is 32.1 Å². The Morgan fingerprint density at radius 2 is 2.20 bits per heavy atom. The average molecular weight is 232 g/mol. The van der Waals surface area contributed by atoms with Crippen LogP contribution in [0.4, 0.5) is 0 Å². The van der Waals surface area contributed by atoms with Crippen LogP contribution in [0.2, 0.25) is 0 Å². The van der Waals surface area contributed by atoms with Gasteiger partial charge in [-0.2, -0.15) is 0 Å². The molecule has 2 rings (SSSR count). The van der Waals surface area contributed by atoms with E-state index >= 15 is 0 Å². The maximum atomic E-state index is 11.9. The molecule has 1 aliphatic carbocycles. The normalized spacial score (nSPS) is 29.3. The van der Waals surface area contributed by atoms with E-state index < -0.39 is 0 Å². The fraction of sp³-hybridized carbons (Fsp3) is 0.909. The zero-order chi connectivity index (χ0) is 10.7. The van der Waals surface area contributed by atoms with Gasteiger partial charge >= 0.3 is 0 Å². The summed E-state index contributed by atoms with van der Waals surface area (Å²) in [6.07, 6.45) is 5.96. The number of amides is 1.